The molecule has 1 fully saturated rings. The van der Waals surface area contributed by atoms with Crippen molar-refractivity contribution in [3.63, 3.8) is 0 Å². The maximum absolute atomic E-state index is 15.2. The molecule has 3 aromatic carbocycles. The molecule has 228 valence electrons. The predicted octanol–water partition coefficient (Wildman–Crippen LogP) is 4.55. The third-order valence-electron chi connectivity index (χ3n) is 7.94. The van der Waals surface area contributed by atoms with Crippen LogP contribution in [-0.4, -0.2) is 78.0 Å². The Kier molecular flexibility index (Phi) is 8.30. The van der Waals surface area contributed by atoms with Gasteiger partial charge >= 0.3 is 0 Å². The molecule has 2 aliphatic rings. The van der Waals surface area contributed by atoms with E-state index in [4.69, 9.17) is 37.4 Å². The third kappa shape index (κ3) is 4.69. The van der Waals surface area contributed by atoms with Gasteiger partial charge in [0.15, 0.2) is 5.54 Å². The Labute approximate surface area is 260 Å². The predicted molar refractivity (Wildman–Crippen MR) is 163 cm³/mol. The number of nitrogens with zero attached hydrogens (tertiary/aromatic N) is 3. The van der Waals surface area contributed by atoms with E-state index >= 15 is 4.79 Å². The van der Waals surface area contributed by atoms with Crippen LogP contribution in [0.25, 0.3) is 0 Å². The summed E-state index contributed by atoms with van der Waals surface area (Å²) in [6, 6.07) is 13.2. The van der Waals surface area contributed by atoms with Crippen molar-refractivity contribution in [3.05, 3.63) is 75.8 Å². The van der Waals surface area contributed by atoms with Gasteiger partial charge in [0.1, 0.15) is 22.1 Å². The zero-order valence-electron chi connectivity index (χ0n) is 24.3. The van der Waals surface area contributed by atoms with Crippen molar-refractivity contribution >= 4 is 50.7 Å². The maximum Gasteiger partial charge on any atom is 0.274 e. The zero-order chi connectivity index (χ0) is 31.3. The molecule has 5 rings (SSSR count). The van der Waals surface area contributed by atoms with Gasteiger partial charge in [-0.25, -0.2) is 12.7 Å². The topological polar surface area (TPSA) is 106 Å². The van der Waals surface area contributed by atoms with Crippen molar-refractivity contribution < 1.29 is 32.2 Å². The number of amides is 2. The van der Waals surface area contributed by atoms with E-state index in [9.17, 15) is 13.2 Å². The summed E-state index contributed by atoms with van der Waals surface area (Å²) in [5.74, 6) is -0.382. The van der Waals surface area contributed by atoms with Gasteiger partial charge in [0, 0.05) is 37.8 Å². The second-order valence-electron chi connectivity index (χ2n) is 10.4. The highest BCUT2D eigenvalue weighted by Gasteiger charge is 2.63. The molecule has 0 radical (unpaired) electrons. The number of methoxy groups -OCH3 is 3. The van der Waals surface area contributed by atoms with Gasteiger partial charge < -0.3 is 19.1 Å². The second-order valence-corrected chi connectivity index (χ2v) is 12.9. The van der Waals surface area contributed by atoms with Gasteiger partial charge in [-0.1, -0.05) is 41.4 Å². The van der Waals surface area contributed by atoms with Crippen LogP contribution < -0.4 is 18.5 Å². The van der Waals surface area contributed by atoms with E-state index in [1.54, 1.807) is 43.3 Å². The molecule has 13 heteroatoms. The number of hydrogen-bond donors (Lipinski definition) is 0. The fourth-order valence-electron chi connectivity index (χ4n) is 6.05. The lowest BCUT2D eigenvalue weighted by atomic mass is 9.80. The largest absolute Gasteiger partial charge is 0.497 e. The molecule has 2 atom stereocenters. The van der Waals surface area contributed by atoms with Crippen LogP contribution in [0.2, 0.25) is 10.0 Å². The monoisotopic (exact) mass is 647 g/mol. The van der Waals surface area contributed by atoms with Crippen molar-refractivity contribution in [2.45, 2.75) is 29.3 Å². The first-order chi connectivity index (χ1) is 20.4. The van der Waals surface area contributed by atoms with Crippen LogP contribution in [0.4, 0.5) is 5.69 Å². The van der Waals surface area contributed by atoms with Crippen molar-refractivity contribution in [1.29, 1.82) is 0 Å². The Balaban J connectivity index is 1.88. The van der Waals surface area contributed by atoms with Crippen molar-refractivity contribution in [3.8, 4) is 17.2 Å². The molecular formula is C30H31Cl2N3O7S. The Morgan fingerprint density at radius 3 is 2.26 bits per heavy atom. The highest BCUT2D eigenvalue weighted by Crippen LogP contribution is 2.56. The first-order valence-electron chi connectivity index (χ1n) is 13.4. The third-order valence-corrected chi connectivity index (χ3v) is 10.4. The lowest BCUT2D eigenvalue weighted by molar-refractivity contribution is -0.138. The second kappa shape index (κ2) is 11.5. The van der Waals surface area contributed by atoms with Gasteiger partial charge in [0.2, 0.25) is 5.91 Å². The summed E-state index contributed by atoms with van der Waals surface area (Å²) in [7, 11) is 2.87. The van der Waals surface area contributed by atoms with E-state index in [-0.39, 0.29) is 37.8 Å². The summed E-state index contributed by atoms with van der Waals surface area (Å²) >= 11 is 13.0. The Bertz CT molecular complexity index is 1720. The summed E-state index contributed by atoms with van der Waals surface area (Å²) in [5, 5.41) is 0.164. The van der Waals surface area contributed by atoms with E-state index in [1.165, 1.54) is 56.6 Å². The summed E-state index contributed by atoms with van der Waals surface area (Å²) < 4.78 is 46.3. The molecular weight excluding hydrogens is 617 g/mol. The number of anilines is 1. The van der Waals surface area contributed by atoms with Gasteiger partial charge in [-0.3, -0.25) is 14.5 Å². The van der Waals surface area contributed by atoms with Crippen molar-refractivity contribution in [2.75, 3.05) is 46.3 Å². The molecule has 0 spiro atoms. The van der Waals surface area contributed by atoms with Crippen LogP contribution in [0.15, 0.2) is 59.5 Å². The van der Waals surface area contributed by atoms with E-state index < -0.39 is 27.5 Å². The molecule has 0 bridgehead atoms. The van der Waals surface area contributed by atoms with Gasteiger partial charge in [0.05, 0.1) is 43.1 Å². The zero-order valence-corrected chi connectivity index (χ0v) is 26.6. The molecule has 3 aromatic rings. The Morgan fingerprint density at radius 1 is 0.930 bits per heavy atom. The first-order valence-corrected chi connectivity index (χ1v) is 15.6. The minimum Gasteiger partial charge on any atom is -0.497 e. The van der Waals surface area contributed by atoms with Gasteiger partial charge in [-0.2, -0.15) is 0 Å². The summed E-state index contributed by atoms with van der Waals surface area (Å²) in [6.45, 7) is 0.313. The molecule has 0 N–H and O–H groups in total. The molecule has 2 aliphatic heterocycles. The van der Waals surface area contributed by atoms with E-state index in [0.717, 1.165) is 4.31 Å². The number of hydrogen-bond acceptors (Lipinski definition) is 8. The minimum absolute atomic E-state index is 0.00568. The quantitative estimate of drug-likeness (QED) is 0.351. The van der Waals surface area contributed by atoms with Crippen molar-refractivity contribution in [1.82, 2.24) is 9.80 Å². The van der Waals surface area contributed by atoms with Gasteiger partial charge in [-0.05, 0) is 43.2 Å². The summed E-state index contributed by atoms with van der Waals surface area (Å²) in [4.78, 5) is 31.7. The molecule has 2 heterocycles. The van der Waals surface area contributed by atoms with Crippen LogP contribution in [-0.2, 0) is 25.2 Å². The summed E-state index contributed by atoms with van der Waals surface area (Å²) in [5.41, 5.74) is -1.20. The number of likely N-dealkylation sites (N-methyl/N-ethyl adjacent to an activating group) is 1. The molecule has 1 saturated heterocycles. The average molecular weight is 649 g/mol. The smallest absolute Gasteiger partial charge is 0.274 e. The highest BCUT2D eigenvalue weighted by atomic mass is 35.5. The van der Waals surface area contributed by atoms with Crippen LogP contribution in [0.1, 0.15) is 24.0 Å². The fourth-order valence-corrected chi connectivity index (χ4v) is 7.96. The normalized spacial score (nSPS) is 20.2. The standard InChI is InChI=1S/C30H31Cl2N3O7S/c1-33(2)28(36)23-10-8-14-34(23)30(19-9-6-7-11-25(19)41-4)20-16-21(31)22(32)17-24(20)35(29(30)37)43(38,39)27-13-12-18(40-3)15-26(27)42-5/h6-7,9,11-13,15-17,23H,8,10,14H2,1-5H3/t23-,30?/m0/s1. The number of likely N-dealkylation sites (tertiary alicyclic amines) is 1. The van der Waals surface area contributed by atoms with E-state index in [1.807, 2.05) is 0 Å². The lowest BCUT2D eigenvalue weighted by Crippen LogP contribution is -2.59. The maximum atomic E-state index is 15.2. The number of carbonyl (C=O) groups is 2. The number of rotatable bonds is 8. The van der Waals surface area contributed by atoms with E-state index in [2.05, 4.69) is 0 Å². The number of fused-ring (bicyclic) bond motifs is 1. The molecule has 1 unspecified atom stereocenters. The molecule has 10 nitrogen and oxygen atoms in total. The van der Waals surface area contributed by atoms with Crippen LogP contribution in [0.5, 0.6) is 17.2 Å². The molecule has 0 saturated carbocycles. The first kappa shape index (κ1) is 30.9. The number of benzene rings is 3. The fraction of sp³-hybridized carbons (Fsp3) is 0.333. The number of ether oxygens (including phenoxy) is 3. The summed E-state index contributed by atoms with van der Waals surface area (Å²) in [6.07, 6.45) is 1.04. The number of halogens is 2. The van der Waals surface area contributed by atoms with Crippen LogP contribution >= 0.6 is 23.2 Å². The minimum atomic E-state index is -4.64. The molecule has 43 heavy (non-hydrogen) atoms. The molecule has 0 aromatic heterocycles. The van der Waals surface area contributed by atoms with E-state index in [0.29, 0.717) is 36.4 Å². The number of carbonyl (C=O) groups excluding carboxylic acids is 2. The van der Waals surface area contributed by atoms with Gasteiger partial charge in [0.25, 0.3) is 15.9 Å². The lowest BCUT2D eigenvalue weighted by Gasteiger charge is -2.42. The van der Waals surface area contributed by atoms with Crippen molar-refractivity contribution in [2.24, 2.45) is 0 Å². The highest BCUT2D eigenvalue weighted by molar-refractivity contribution is 7.93. The molecule has 2 amide bonds. The average Bonchev–Trinajstić information content (AvgIpc) is 3.57. The number of sulfonamides is 1. The van der Waals surface area contributed by atoms with Gasteiger partial charge in [-0.15, -0.1) is 0 Å². The van der Waals surface area contributed by atoms with Crippen LogP contribution in [0.3, 0.4) is 0 Å². The molecule has 0 aliphatic carbocycles. The number of para-hydroxylation sites is 1. The Hall–Kier alpha value is -3.51. The van der Waals surface area contributed by atoms with Crippen LogP contribution in [0, 0.1) is 0 Å². The Morgan fingerprint density at radius 2 is 1.60 bits per heavy atom. The SMILES string of the molecule is COc1ccc(S(=O)(=O)N2C(=O)C(c3ccccc3OC)(N3CCC[C@H]3C(=O)N(C)C)c3cc(Cl)c(Cl)cc32)c(OC)c1.